The number of hydrogen-bond donors (Lipinski definition) is 0. The van der Waals surface area contributed by atoms with Gasteiger partial charge in [-0.25, -0.2) is 4.39 Å². The van der Waals surface area contributed by atoms with Gasteiger partial charge in [-0.15, -0.1) is 0 Å². The van der Waals surface area contributed by atoms with Crippen molar-refractivity contribution in [3.63, 3.8) is 0 Å². The van der Waals surface area contributed by atoms with Crippen molar-refractivity contribution in [2.45, 2.75) is 18.8 Å². The van der Waals surface area contributed by atoms with Crippen molar-refractivity contribution >= 4 is 17.5 Å². The molecule has 2 aromatic carbocycles. The molecule has 0 saturated carbocycles. The Morgan fingerprint density at radius 3 is 2.41 bits per heavy atom. The summed E-state index contributed by atoms with van der Waals surface area (Å²) < 4.78 is 18.5. The monoisotopic (exact) mass is 385 g/mol. The molecule has 1 fully saturated rings. The summed E-state index contributed by atoms with van der Waals surface area (Å²) in [6.07, 6.45) is 1.49. The molecule has 1 amide bonds. The van der Waals surface area contributed by atoms with Gasteiger partial charge >= 0.3 is 0 Å². The maximum absolute atomic E-state index is 13.0. The van der Waals surface area contributed by atoms with E-state index in [4.69, 9.17) is 16.1 Å². The lowest BCUT2D eigenvalue weighted by Gasteiger charge is -2.30. The average molecular weight is 386 g/mol. The predicted octanol–water partition coefficient (Wildman–Crippen LogP) is 4.55. The summed E-state index contributed by atoms with van der Waals surface area (Å²) in [5, 5.41) is 4.71. The van der Waals surface area contributed by atoms with Crippen LogP contribution in [-0.2, 0) is 0 Å². The average Bonchev–Trinajstić information content (AvgIpc) is 3.19. The molecule has 0 unspecified atom stereocenters. The zero-order valence-corrected chi connectivity index (χ0v) is 15.2. The summed E-state index contributed by atoms with van der Waals surface area (Å²) in [6, 6.07) is 12.9. The van der Waals surface area contributed by atoms with Crippen molar-refractivity contribution in [2.75, 3.05) is 13.1 Å². The van der Waals surface area contributed by atoms with Crippen molar-refractivity contribution in [2.24, 2.45) is 0 Å². The van der Waals surface area contributed by atoms with E-state index in [1.165, 1.54) is 24.3 Å². The van der Waals surface area contributed by atoms with Crippen LogP contribution < -0.4 is 0 Å². The van der Waals surface area contributed by atoms with Gasteiger partial charge in [0.05, 0.1) is 0 Å². The van der Waals surface area contributed by atoms with E-state index in [0.717, 1.165) is 18.4 Å². The molecule has 7 heteroatoms. The normalized spacial score (nSPS) is 15.1. The van der Waals surface area contributed by atoms with Crippen LogP contribution in [0.5, 0.6) is 0 Å². The molecule has 2 heterocycles. The molecule has 4 rings (SSSR count). The maximum atomic E-state index is 13.0. The topological polar surface area (TPSA) is 59.2 Å². The first-order valence-electron chi connectivity index (χ1n) is 8.74. The van der Waals surface area contributed by atoms with Gasteiger partial charge in [0.15, 0.2) is 0 Å². The second kappa shape index (κ2) is 7.48. The number of benzene rings is 2. The van der Waals surface area contributed by atoms with E-state index in [0.29, 0.717) is 35.4 Å². The molecule has 0 bridgehead atoms. The smallest absolute Gasteiger partial charge is 0.253 e. The maximum Gasteiger partial charge on any atom is 0.253 e. The molecule has 138 valence electrons. The van der Waals surface area contributed by atoms with Gasteiger partial charge in [-0.3, -0.25) is 4.79 Å². The molecule has 0 atom stereocenters. The third-order valence-electron chi connectivity index (χ3n) is 4.77. The number of aromatic nitrogens is 2. The highest BCUT2D eigenvalue weighted by molar-refractivity contribution is 6.30. The first kappa shape index (κ1) is 17.7. The van der Waals surface area contributed by atoms with Crippen molar-refractivity contribution in [3.05, 3.63) is 70.8 Å². The Bertz CT molecular complexity index is 933. The van der Waals surface area contributed by atoms with E-state index in [-0.39, 0.29) is 17.6 Å². The van der Waals surface area contributed by atoms with Gasteiger partial charge in [-0.05, 0) is 61.4 Å². The lowest BCUT2D eigenvalue weighted by Crippen LogP contribution is -2.38. The Kier molecular flexibility index (Phi) is 4.90. The fourth-order valence-corrected chi connectivity index (χ4v) is 3.35. The summed E-state index contributed by atoms with van der Waals surface area (Å²) in [4.78, 5) is 18.8. The van der Waals surface area contributed by atoms with Gasteiger partial charge in [-0.1, -0.05) is 16.8 Å². The Morgan fingerprint density at radius 2 is 1.74 bits per heavy atom. The molecule has 1 aliphatic rings. The quantitative estimate of drug-likeness (QED) is 0.663. The number of halogens is 2. The van der Waals surface area contributed by atoms with E-state index >= 15 is 0 Å². The number of nitrogens with zero attached hydrogens (tertiary/aromatic N) is 3. The van der Waals surface area contributed by atoms with Crippen molar-refractivity contribution < 1.29 is 13.7 Å². The predicted molar refractivity (Wildman–Crippen MR) is 99.0 cm³/mol. The van der Waals surface area contributed by atoms with Gasteiger partial charge in [0.2, 0.25) is 11.7 Å². The molecular formula is C20H17ClFN3O2. The molecule has 3 aromatic rings. The molecule has 0 radical (unpaired) electrons. The third-order valence-corrected chi connectivity index (χ3v) is 5.02. The summed E-state index contributed by atoms with van der Waals surface area (Å²) in [5.41, 5.74) is 1.34. The van der Waals surface area contributed by atoms with Crippen LogP contribution in [0.3, 0.4) is 0 Å². The molecule has 1 saturated heterocycles. The highest BCUT2D eigenvalue weighted by Gasteiger charge is 2.28. The minimum Gasteiger partial charge on any atom is -0.339 e. The molecule has 1 aromatic heterocycles. The van der Waals surface area contributed by atoms with Crippen LogP contribution in [-0.4, -0.2) is 34.0 Å². The summed E-state index contributed by atoms with van der Waals surface area (Å²) in [6.45, 7) is 1.19. The fraction of sp³-hybridized carbons (Fsp3) is 0.250. The fourth-order valence-electron chi connectivity index (χ4n) is 3.22. The summed E-state index contributed by atoms with van der Waals surface area (Å²) in [7, 11) is 0. The number of rotatable bonds is 3. The first-order valence-corrected chi connectivity index (χ1v) is 9.12. The minimum atomic E-state index is -0.349. The lowest BCUT2D eigenvalue weighted by molar-refractivity contribution is 0.0704. The van der Waals surface area contributed by atoms with Crippen molar-refractivity contribution in [3.8, 4) is 11.4 Å². The van der Waals surface area contributed by atoms with Crippen LogP contribution >= 0.6 is 11.6 Å². The van der Waals surface area contributed by atoms with Gasteiger partial charge < -0.3 is 9.42 Å². The second-order valence-corrected chi connectivity index (χ2v) is 6.97. The van der Waals surface area contributed by atoms with Crippen LogP contribution in [0, 0.1) is 5.82 Å². The van der Waals surface area contributed by atoms with Gasteiger partial charge in [0, 0.05) is 35.2 Å². The standard InChI is InChI=1S/C20H17ClFN3O2/c21-16-5-1-13(2-6-16)18-23-19(27-24-18)14-9-11-25(12-10-14)20(26)15-3-7-17(22)8-4-15/h1-8,14H,9-12H2. The van der Waals surface area contributed by atoms with E-state index in [2.05, 4.69) is 10.1 Å². The van der Waals surface area contributed by atoms with Crippen LogP contribution in [0.15, 0.2) is 53.1 Å². The van der Waals surface area contributed by atoms with E-state index in [9.17, 15) is 9.18 Å². The van der Waals surface area contributed by atoms with Gasteiger partial charge in [-0.2, -0.15) is 4.98 Å². The zero-order chi connectivity index (χ0) is 18.8. The molecule has 27 heavy (non-hydrogen) atoms. The molecule has 0 N–H and O–H groups in total. The SMILES string of the molecule is O=C(c1ccc(F)cc1)N1CCC(c2nc(-c3ccc(Cl)cc3)no2)CC1. The van der Waals surface area contributed by atoms with Crippen LogP contribution in [0.1, 0.15) is 35.0 Å². The van der Waals surface area contributed by atoms with Crippen molar-refractivity contribution in [1.29, 1.82) is 0 Å². The Balaban J connectivity index is 1.40. The summed E-state index contributed by atoms with van der Waals surface area (Å²) in [5.74, 6) is 0.815. The van der Waals surface area contributed by atoms with E-state index in [1.54, 1.807) is 17.0 Å². The molecule has 5 nitrogen and oxygen atoms in total. The van der Waals surface area contributed by atoms with Crippen LogP contribution in [0.25, 0.3) is 11.4 Å². The Morgan fingerprint density at radius 1 is 1.07 bits per heavy atom. The summed E-state index contributed by atoms with van der Waals surface area (Å²) >= 11 is 5.90. The van der Waals surface area contributed by atoms with Crippen molar-refractivity contribution in [1.82, 2.24) is 15.0 Å². The van der Waals surface area contributed by atoms with Crippen LogP contribution in [0.4, 0.5) is 4.39 Å². The highest BCUT2D eigenvalue weighted by Crippen LogP contribution is 2.29. The molecule has 1 aliphatic heterocycles. The number of amides is 1. The highest BCUT2D eigenvalue weighted by atomic mass is 35.5. The number of carbonyl (C=O) groups excluding carboxylic acids is 1. The first-order chi connectivity index (χ1) is 13.1. The Labute approximate surface area is 160 Å². The second-order valence-electron chi connectivity index (χ2n) is 6.54. The molecule has 0 spiro atoms. The minimum absolute atomic E-state index is 0.0826. The number of hydrogen-bond acceptors (Lipinski definition) is 4. The zero-order valence-electron chi connectivity index (χ0n) is 14.4. The number of carbonyl (C=O) groups is 1. The van der Waals surface area contributed by atoms with Crippen LogP contribution in [0.2, 0.25) is 5.02 Å². The van der Waals surface area contributed by atoms with Gasteiger partial charge in [0.25, 0.3) is 5.91 Å². The lowest BCUT2D eigenvalue weighted by atomic mass is 9.96. The molecule has 0 aliphatic carbocycles. The third kappa shape index (κ3) is 3.85. The Hall–Kier alpha value is -2.73. The van der Waals surface area contributed by atoms with Gasteiger partial charge in [0.1, 0.15) is 5.82 Å². The number of likely N-dealkylation sites (tertiary alicyclic amines) is 1. The largest absolute Gasteiger partial charge is 0.339 e. The van der Waals surface area contributed by atoms with E-state index < -0.39 is 0 Å². The molecular weight excluding hydrogens is 369 g/mol. The number of piperidine rings is 1. The van der Waals surface area contributed by atoms with E-state index in [1.807, 2.05) is 12.1 Å².